The lowest BCUT2D eigenvalue weighted by atomic mass is 10.2. The molecule has 0 aromatic carbocycles. The number of thiophene rings is 1. The van der Waals surface area contributed by atoms with Crippen LogP contribution in [-0.2, 0) is 6.54 Å². The highest BCUT2D eigenvalue weighted by atomic mass is 32.1. The van der Waals surface area contributed by atoms with Gasteiger partial charge < -0.3 is 20.6 Å². The molecule has 1 aromatic rings. The van der Waals surface area contributed by atoms with Crippen molar-refractivity contribution in [3.8, 4) is 0 Å². The Bertz CT molecular complexity index is 326. The summed E-state index contributed by atoms with van der Waals surface area (Å²) in [7, 11) is 0. The molecule has 6 heteroatoms. The van der Waals surface area contributed by atoms with Crippen molar-refractivity contribution in [2.75, 3.05) is 13.2 Å². The van der Waals surface area contributed by atoms with Gasteiger partial charge in [-0.25, -0.2) is 4.79 Å². The van der Waals surface area contributed by atoms with E-state index in [9.17, 15) is 4.79 Å². The average Bonchev–Trinajstić information content (AvgIpc) is 2.65. The quantitative estimate of drug-likeness (QED) is 0.548. The second-order valence-corrected chi connectivity index (χ2v) is 3.96. The Morgan fingerprint density at radius 2 is 2.33 bits per heavy atom. The molecule has 1 heterocycles. The Morgan fingerprint density at radius 1 is 1.60 bits per heavy atom. The second kappa shape index (κ2) is 5.82. The van der Waals surface area contributed by atoms with Gasteiger partial charge in [0.15, 0.2) is 0 Å². The lowest BCUT2D eigenvalue weighted by molar-refractivity contribution is 0.0700. The lowest BCUT2D eigenvalue weighted by Gasteiger charge is -2.08. The van der Waals surface area contributed by atoms with Crippen LogP contribution in [0.3, 0.4) is 0 Å². The standard InChI is InChI=1S/C9H13NO4S/c11-5-7(12)4-10-3-6-1-2-15-8(6)9(13)14/h1-2,7,10-12H,3-5H2,(H,13,14). The predicted octanol–water partition coefficient (Wildman–Crippen LogP) is -0.111. The van der Waals surface area contributed by atoms with Crippen LogP contribution < -0.4 is 5.32 Å². The first kappa shape index (κ1) is 12.1. The molecule has 0 aliphatic rings. The van der Waals surface area contributed by atoms with Gasteiger partial charge in [0.05, 0.1) is 12.7 Å². The van der Waals surface area contributed by atoms with Crippen molar-refractivity contribution in [2.24, 2.45) is 0 Å². The van der Waals surface area contributed by atoms with Crippen molar-refractivity contribution < 1.29 is 20.1 Å². The Labute approximate surface area is 91.0 Å². The largest absolute Gasteiger partial charge is 0.477 e. The molecule has 0 radical (unpaired) electrons. The number of aliphatic hydroxyl groups excluding tert-OH is 2. The molecule has 1 rings (SSSR count). The van der Waals surface area contributed by atoms with Crippen LogP contribution in [0.2, 0.25) is 0 Å². The van der Waals surface area contributed by atoms with Crippen LogP contribution >= 0.6 is 11.3 Å². The summed E-state index contributed by atoms with van der Waals surface area (Å²) in [5.41, 5.74) is 0.692. The molecular weight excluding hydrogens is 218 g/mol. The zero-order chi connectivity index (χ0) is 11.3. The van der Waals surface area contributed by atoms with Crippen LogP contribution in [0.25, 0.3) is 0 Å². The molecule has 0 spiro atoms. The topological polar surface area (TPSA) is 89.8 Å². The van der Waals surface area contributed by atoms with Crippen LogP contribution in [0, 0.1) is 0 Å². The molecular formula is C9H13NO4S. The van der Waals surface area contributed by atoms with Crippen LogP contribution in [0.15, 0.2) is 11.4 Å². The normalized spacial score (nSPS) is 12.7. The number of carbonyl (C=O) groups is 1. The van der Waals surface area contributed by atoms with Gasteiger partial charge in [-0.05, 0) is 17.0 Å². The highest BCUT2D eigenvalue weighted by Gasteiger charge is 2.11. The minimum Gasteiger partial charge on any atom is -0.477 e. The van der Waals surface area contributed by atoms with Crippen LogP contribution in [0.4, 0.5) is 0 Å². The van der Waals surface area contributed by atoms with E-state index in [-0.39, 0.29) is 13.2 Å². The monoisotopic (exact) mass is 231 g/mol. The van der Waals surface area contributed by atoms with Gasteiger partial charge in [0.25, 0.3) is 0 Å². The summed E-state index contributed by atoms with van der Waals surface area (Å²) in [6.45, 7) is 0.315. The maximum absolute atomic E-state index is 10.7. The van der Waals surface area contributed by atoms with E-state index < -0.39 is 12.1 Å². The van der Waals surface area contributed by atoms with Gasteiger partial charge >= 0.3 is 5.97 Å². The molecule has 0 saturated carbocycles. The molecule has 0 aliphatic heterocycles. The van der Waals surface area contributed by atoms with Crippen molar-refractivity contribution in [1.82, 2.24) is 5.32 Å². The van der Waals surface area contributed by atoms with E-state index in [1.54, 1.807) is 11.4 Å². The first-order chi connectivity index (χ1) is 7.15. The molecule has 84 valence electrons. The molecule has 15 heavy (non-hydrogen) atoms. The van der Waals surface area contributed by atoms with Crippen LogP contribution in [-0.4, -0.2) is 40.5 Å². The van der Waals surface area contributed by atoms with Crippen molar-refractivity contribution in [3.05, 3.63) is 21.9 Å². The van der Waals surface area contributed by atoms with Crippen molar-refractivity contribution in [1.29, 1.82) is 0 Å². The molecule has 5 nitrogen and oxygen atoms in total. The molecule has 0 amide bonds. The third-order valence-electron chi connectivity index (χ3n) is 1.85. The number of rotatable bonds is 6. The molecule has 1 atom stereocenters. The average molecular weight is 231 g/mol. The number of hydrogen-bond donors (Lipinski definition) is 4. The Balaban J connectivity index is 2.44. The first-order valence-electron chi connectivity index (χ1n) is 4.44. The minimum absolute atomic E-state index is 0.241. The second-order valence-electron chi connectivity index (χ2n) is 3.05. The van der Waals surface area contributed by atoms with E-state index in [0.29, 0.717) is 17.0 Å². The molecule has 1 unspecified atom stereocenters. The summed E-state index contributed by atoms with van der Waals surface area (Å²) in [4.78, 5) is 11.0. The zero-order valence-corrected chi connectivity index (χ0v) is 8.83. The molecule has 0 fully saturated rings. The molecule has 1 aromatic heterocycles. The number of nitrogens with one attached hydrogen (secondary N) is 1. The summed E-state index contributed by atoms with van der Waals surface area (Å²) in [5.74, 6) is -0.940. The molecule has 4 N–H and O–H groups in total. The van der Waals surface area contributed by atoms with Gasteiger partial charge in [0, 0.05) is 13.1 Å². The lowest BCUT2D eigenvalue weighted by Crippen LogP contribution is -2.29. The minimum atomic E-state index is -0.940. The Hall–Kier alpha value is -0.950. The van der Waals surface area contributed by atoms with Crippen molar-refractivity contribution >= 4 is 17.3 Å². The SMILES string of the molecule is O=C(O)c1sccc1CNCC(O)CO. The summed E-state index contributed by atoms with van der Waals surface area (Å²) in [5, 5.41) is 31.0. The smallest absolute Gasteiger partial charge is 0.346 e. The predicted molar refractivity (Wildman–Crippen MR) is 56.1 cm³/mol. The van der Waals surface area contributed by atoms with Crippen LogP contribution in [0.5, 0.6) is 0 Å². The van der Waals surface area contributed by atoms with E-state index in [1.807, 2.05) is 0 Å². The fourth-order valence-corrected chi connectivity index (χ4v) is 1.86. The maximum Gasteiger partial charge on any atom is 0.346 e. The fraction of sp³-hybridized carbons (Fsp3) is 0.444. The third kappa shape index (κ3) is 3.60. The number of hydrogen-bond acceptors (Lipinski definition) is 5. The maximum atomic E-state index is 10.7. The highest BCUT2D eigenvalue weighted by Crippen LogP contribution is 2.16. The van der Waals surface area contributed by atoms with E-state index in [2.05, 4.69) is 5.32 Å². The highest BCUT2D eigenvalue weighted by molar-refractivity contribution is 7.12. The number of carboxylic acid groups (broad SMARTS) is 1. The first-order valence-corrected chi connectivity index (χ1v) is 5.32. The number of carboxylic acids is 1. The summed E-state index contributed by atoms with van der Waals surface area (Å²) in [6, 6.07) is 1.73. The summed E-state index contributed by atoms with van der Waals surface area (Å²) in [6.07, 6.45) is -0.808. The molecule has 0 saturated heterocycles. The van der Waals surface area contributed by atoms with Gasteiger partial charge in [-0.15, -0.1) is 11.3 Å². The zero-order valence-electron chi connectivity index (χ0n) is 8.01. The van der Waals surface area contributed by atoms with Gasteiger partial charge in [-0.1, -0.05) is 0 Å². The third-order valence-corrected chi connectivity index (χ3v) is 2.79. The fourth-order valence-electron chi connectivity index (χ4n) is 1.10. The summed E-state index contributed by atoms with van der Waals surface area (Å²) >= 11 is 1.17. The van der Waals surface area contributed by atoms with Gasteiger partial charge in [-0.3, -0.25) is 0 Å². The van der Waals surface area contributed by atoms with E-state index in [0.717, 1.165) is 0 Å². The van der Waals surface area contributed by atoms with E-state index >= 15 is 0 Å². The van der Waals surface area contributed by atoms with E-state index in [1.165, 1.54) is 11.3 Å². The van der Waals surface area contributed by atoms with Gasteiger partial charge in [-0.2, -0.15) is 0 Å². The Kier molecular flexibility index (Phi) is 4.70. The Morgan fingerprint density at radius 3 is 2.93 bits per heavy atom. The number of aliphatic hydroxyl groups is 2. The van der Waals surface area contributed by atoms with Crippen molar-refractivity contribution in [3.63, 3.8) is 0 Å². The summed E-state index contributed by atoms with van der Waals surface area (Å²) < 4.78 is 0. The van der Waals surface area contributed by atoms with Gasteiger partial charge in [0.2, 0.25) is 0 Å². The molecule has 0 bridgehead atoms. The number of aromatic carboxylic acids is 1. The van der Waals surface area contributed by atoms with Gasteiger partial charge in [0.1, 0.15) is 4.88 Å². The van der Waals surface area contributed by atoms with Crippen molar-refractivity contribution in [2.45, 2.75) is 12.6 Å². The van der Waals surface area contributed by atoms with E-state index in [4.69, 9.17) is 15.3 Å². The van der Waals surface area contributed by atoms with Crippen LogP contribution in [0.1, 0.15) is 15.2 Å². The molecule has 0 aliphatic carbocycles.